The largest absolute Gasteiger partial charge is 0.496 e. The molecule has 0 spiro atoms. The van der Waals surface area contributed by atoms with Gasteiger partial charge in [-0.2, -0.15) is 0 Å². The van der Waals surface area contributed by atoms with E-state index in [0.29, 0.717) is 30.9 Å². The van der Waals surface area contributed by atoms with Crippen LogP contribution in [0.25, 0.3) is 11.1 Å². The summed E-state index contributed by atoms with van der Waals surface area (Å²) in [4.78, 5) is 15.1. The van der Waals surface area contributed by atoms with E-state index in [9.17, 15) is 9.18 Å². The summed E-state index contributed by atoms with van der Waals surface area (Å²) in [6.07, 6.45) is 4.12. The molecule has 1 fully saturated rings. The fraction of sp³-hybridized carbons (Fsp3) is 0.480. The van der Waals surface area contributed by atoms with Gasteiger partial charge in [-0.1, -0.05) is 24.3 Å². The highest BCUT2D eigenvalue weighted by Gasteiger charge is 2.42. The lowest BCUT2D eigenvalue weighted by Gasteiger charge is -2.27. The number of carbonyl (C=O) groups is 1. The van der Waals surface area contributed by atoms with Crippen LogP contribution in [-0.4, -0.2) is 57.3 Å². The predicted molar refractivity (Wildman–Crippen MR) is 121 cm³/mol. The first-order chi connectivity index (χ1) is 14.9. The number of benzene rings is 2. The molecule has 0 radical (unpaired) electrons. The van der Waals surface area contributed by atoms with Crippen LogP contribution in [0.5, 0.6) is 5.75 Å². The predicted octanol–water partition coefficient (Wildman–Crippen LogP) is 4.05. The molecule has 1 aliphatic heterocycles. The number of carbonyl (C=O) groups excluding carboxylic acids is 1. The first-order valence-corrected chi connectivity index (χ1v) is 10.9. The van der Waals surface area contributed by atoms with Crippen LogP contribution in [0.15, 0.2) is 42.5 Å². The highest BCUT2D eigenvalue weighted by atomic mass is 19.1. The maximum absolute atomic E-state index is 13.7. The highest BCUT2D eigenvalue weighted by Crippen LogP contribution is 2.33. The van der Waals surface area contributed by atoms with Gasteiger partial charge in [0.15, 0.2) is 5.60 Å². The Morgan fingerprint density at radius 1 is 1.19 bits per heavy atom. The van der Waals surface area contributed by atoms with Gasteiger partial charge in [0.25, 0.3) is 5.91 Å². The van der Waals surface area contributed by atoms with Crippen molar-refractivity contribution < 1.29 is 18.7 Å². The van der Waals surface area contributed by atoms with Gasteiger partial charge >= 0.3 is 0 Å². The summed E-state index contributed by atoms with van der Waals surface area (Å²) >= 11 is 0. The SMILES string of the molecule is COc1ccc(F)cc1-c1ccc(C[C@]2(C(=O)NCCCCN(C)C)CCCO2)cc1. The monoisotopic (exact) mass is 428 g/mol. The topological polar surface area (TPSA) is 50.8 Å². The van der Waals surface area contributed by atoms with E-state index >= 15 is 0 Å². The van der Waals surface area contributed by atoms with Crippen LogP contribution in [-0.2, 0) is 16.0 Å². The molecule has 6 heteroatoms. The van der Waals surface area contributed by atoms with Gasteiger partial charge in [0.05, 0.1) is 7.11 Å². The molecule has 168 valence electrons. The van der Waals surface area contributed by atoms with E-state index in [0.717, 1.165) is 43.4 Å². The summed E-state index contributed by atoms with van der Waals surface area (Å²) < 4.78 is 25.1. The molecule has 1 N–H and O–H groups in total. The Labute approximate surface area is 184 Å². The number of nitrogens with one attached hydrogen (secondary N) is 1. The number of rotatable bonds is 10. The van der Waals surface area contributed by atoms with E-state index in [1.165, 1.54) is 12.1 Å². The van der Waals surface area contributed by atoms with Crippen molar-refractivity contribution in [2.45, 2.75) is 37.7 Å². The molecule has 1 heterocycles. The summed E-state index contributed by atoms with van der Waals surface area (Å²) in [6.45, 7) is 2.28. The van der Waals surface area contributed by atoms with Gasteiger partial charge in [0.1, 0.15) is 11.6 Å². The molecule has 2 aromatic rings. The van der Waals surface area contributed by atoms with Gasteiger partial charge in [0.2, 0.25) is 0 Å². The lowest BCUT2D eigenvalue weighted by Crippen LogP contribution is -2.48. The molecule has 1 saturated heterocycles. The van der Waals surface area contributed by atoms with Crippen LogP contribution >= 0.6 is 0 Å². The Morgan fingerprint density at radius 2 is 1.97 bits per heavy atom. The van der Waals surface area contributed by atoms with E-state index in [1.807, 2.05) is 24.3 Å². The van der Waals surface area contributed by atoms with Crippen molar-refractivity contribution in [1.29, 1.82) is 0 Å². The molecule has 31 heavy (non-hydrogen) atoms. The second kappa shape index (κ2) is 10.7. The summed E-state index contributed by atoms with van der Waals surface area (Å²) in [5.41, 5.74) is 1.78. The Kier molecular flexibility index (Phi) is 8.04. The van der Waals surface area contributed by atoms with Crippen molar-refractivity contribution in [2.24, 2.45) is 0 Å². The number of hydrogen-bond donors (Lipinski definition) is 1. The van der Waals surface area contributed by atoms with Crippen molar-refractivity contribution in [1.82, 2.24) is 10.2 Å². The Balaban J connectivity index is 1.66. The summed E-state index contributed by atoms with van der Waals surface area (Å²) in [6, 6.07) is 12.3. The molecule has 2 aromatic carbocycles. The average molecular weight is 429 g/mol. The number of ether oxygens (including phenoxy) is 2. The quantitative estimate of drug-likeness (QED) is 0.580. The fourth-order valence-corrected chi connectivity index (χ4v) is 4.05. The molecule has 0 aliphatic carbocycles. The van der Waals surface area contributed by atoms with Gasteiger partial charge in [0, 0.05) is 25.1 Å². The standard InChI is InChI=1S/C25H33FN2O3/c1-28(2)15-5-4-14-27-24(29)25(13-6-16-31-25)18-19-7-9-20(10-8-19)22-17-21(26)11-12-23(22)30-3/h7-12,17H,4-6,13-16,18H2,1-3H3,(H,27,29)/t25-/m0/s1. The minimum atomic E-state index is -0.806. The Morgan fingerprint density at radius 3 is 2.61 bits per heavy atom. The molecule has 0 aromatic heterocycles. The molecule has 1 amide bonds. The molecule has 0 saturated carbocycles. The zero-order valence-corrected chi connectivity index (χ0v) is 18.7. The normalized spacial score (nSPS) is 18.4. The zero-order valence-electron chi connectivity index (χ0n) is 18.7. The molecule has 1 atom stereocenters. The van der Waals surface area contributed by atoms with Gasteiger partial charge in [-0.05, 0) is 75.6 Å². The maximum atomic E-state index is 13.7. The minimum Gasteiger partial charge on any atom is -0.496 e. The molecule has 3 rings (SSSR count). The van der Waals surface area contributed by atoms with Crippen molar-refractivity contribution >= 4 is 5.91 Å². The number of unbranched alkanes of at least 4 members (excludes halogenated alkanes) is 1. The van der Waals surface area contributed by atoms with Crippen LogP contribution < -0.4 is 10.1 Å². The van der Waals surface area contributed by atoms with E-state index in [1.54, 1.807) is 13.2 Å². The van der Waals surface area contributed by atoms with E-state index in [4.69, 9.17) is 9.47 Å². The molecule has 0 bridgehead atoms. The van der Waals surface area contributed by atoms with E-state index < -0.39 is 5.60 Å². The van der Waals surface area contributed by atoms with Gasteiger partial charge < -0.3 is 19.7 Å². The number of nitrogens with zero attached hydrogens (tertiary/aromatic N) is 1. The van der Waals surface area contributed by atoms with Crippen molar-refractivity contribution in [3.63, 3.8) is 0 Å². The van der Waals surface area contributed by atoms with Crippen molar-refractivity contribution in [2.75, 3.05) is 40.9 Å². The smallest absolute Gasteiger partial charge is 0.252 e. The third kappa shape index (κ3) is 6.05. The molecular weight excluding hydrogens is 395 g/mol. The Bertz CT molecular complexity index is 862. The molecule has 0 unspecified atom stereocenters. The van der Waals surface area contributed by atoms with Gasteiger partial charge in [-0.3, -0.25) is 4.79 Å². The molecular formula is C25H33FN2O3. The zero-order chi connectivity index (χ0) is 22.3. The second-order valence-corrected chi connectivity index (χ2v) is 8.43. The van der Waals surface area contributed by atoms with Crippen LogP contribution in [0.3, 0.4) is 0 Å². The van der Waals surface area contributed by atoms with Gasteiger partial charge in [-0.25, -0.2) is 4.39 Å². The van der Waals surface area contributed by atoms with Crippen LogP contribution in [0.1, 0.15) is 31.2 Å². The lowest BCUT2D eigenvalue weighted by atomic mass is 9.89. The minimum absolute atomic E-state index is 0.0225. The molecule has 5 nitrogen and oxygen atoms in total. The first kappa shape index (κ1) is 23.2. The summed E-state index contributed by atoms with van der Waals surface area (Å²) in [5.74, 6) is 0.296. The third-order valence-electron chi connectivity index (χ3n) is 5.75. The lowest BCUT2D eigenvalue weighted by molar-refractivity contribution is -0.141. The van der Waals surface area contributed by atoms with E-state index in [-0.39, 0.29) is 11.7 Å². The van der Waals surface area contributed by atoms with Crippen LogP contribution in [0.2, 0.25) is 0 Å². The first-order valence-electron chi connectivity index (χ1n) is 10.9. The fourth-order valence-electron chi connectivity index (χ4n) is 4.05. The van der Waals surface area contributed by atoms with Crippen LogP contribution in [0.4, 0.5) is 4.39 Å². The average Bonchev–Trinajstić information content (AvgIpc) is 3.23. The number of amides is 1. The third-order valence-corrected chi connectivity index (χ3v) is 5.75. The van der Waals surface area contributed by atoms with E-state index in [2.05, 4.69) is 24.3 Å². The van der Waals surface area contributed by atoms with Gasteiger partial charge in [-0.15, -0.1) is 0 Å². The summed E-state index contributed by atoms with van der Waals surface area (Å²) in [7, 11) is 5.68. The highest BCUT2D eigenvalue weighted by molar-refractivity contribution is 5.86. The molecule has 1 aliphatic rings. The Hall–Kier alpha value is -2.44. The number of hydrogen-bond acceptors (Lipinski definition) is 4. The van der Waals surface area contributed by atoms with Crippen LogP contribution in [0, 0.1) is 5.82 Å². The van der Waals surface area contributed by atoms with Crippen molar-refractivity contribution in [3.8, 4) is 16.9 Å². The summed E-state index contributed by atoms with van der Waals surface area (Å²) in [5, 5.41) is 3.08. The van der Waals surface area contributed by atoms with Crippen molar-refractivity contribution in [3.05, 3.63) is 53.8 Å². The number of halogens is 1. The number of methoxy groups -OCH3 is 1. The maximum Gasteiger partial charge on any atom is 0.252 e. The second-order valence-electron chi connectivity index (χ2n) is 8.43.